The number of thiazole rings is 1. The molecule has 162 valence electrons. The van der Waals surface area contributed by atoms with Gasteiger partial charge in [-0.15, -0.1) is 11.3 Å². The number of aryl methyl sites for hydroxylation is 1. The quantitative estimate of drug-likeness (QED) is 0.454. The summed E-state index contributed by atoms with van der Waals surface area (Å²) in [4.78, 5) is 4.80. The topological polar surface area (TPSA) is 59.1 Å². The Labute approximate surface area is 176 Å². The first kappa shape index (κ1) is 22.6. The standard InChI is InChI=1S/C21H30F2N2O2S2/c1-2-3-4-5-6-7-8-20-24-18-10-9-17(15-19(18)28-20)29(26,27)25-16-11-13-21(22,23)14-12-16/h9-10,15-16,25H,2-8,11-14H2,1H3. The molecule has 1 aromatic heterocycles. The first-order chi connectivity index (χ1) is 13.8. The maximum absolute atomic E-state index is 13.3. The highest BCUT2D eigenvalue weighted by Gasteiger charge is 2.36. The molecule has 0 aliphatic heterocycles. The predicted molar refractivity (Wildman–Crippen MR) is 114 cm³/mol. The van der Waals surface area contributed by atoms with Crippen LogP contribution >= 0.6 is 11.3 Å². The molecule has 2 aromatic rings. The fraction of sp³-hybridized carbons (Fsp3) is 0.667. The molecule has 1 N–H and O–H groups in total. The van der Waals surface area contributed by atoms with Gasteiger partial charge in [-0.1, -0.05) is 39.0 Å². The number of halogens is 2. The van der Waals surface area contributed by atoms with Gasteiger partial charge in [0.25, 0.3) is 0 Å². The third-order valence-corrected chi connectivity index (χ3v) is 8.09. The Morgan fingerprint density at radius 3 is 2.55 bits per heavy atom. The van der Waals surface area contributed by atoms with Gasteiger partial charge in [0.15, 0.2) is 0 Å². The van der Waals surface area contributed by atoms with Gasteiger partial charge in [-0.25, -0.2) is 26.9 Å². The van der Waals surface area contributed by atoms with Crippen LogP contribution in [0.3, 0.4) is 0 Å². The van der Waals surface area contributed by atoms with Crippen molar-refractivity contribution in [2.24, 2.45) is 0 Å². The fourth-order valence-corrected chi connectivity index (χ4v) is 6.18. The Hall–Kier alpha value is -1.12. The largest absolute Gasteiger partial charge is 0.248 e. The summed E-state index contributed by atoms with van der Waals surface area (Å²) in [5, 5.41) is 1.03. The first-order valence-electron chi connectivity index (χ1n) is 10.6. The molecule has 0 atom stereocenters. The number of hydrogen-bond acceptors (Lipinski definition) is 4. The lowest BCUT2D eigenvalue weighted by molar-refractivity contribution is -0.0387. The van der Waals surface area contributed by atoms with Crippen molar-refractivity contribution in [3.63, 3.8) is 0 Å². The number of benzene rings is 1. The third kappa shape index (κ3) is 6.43. The van der Waals surface area contributed by atoms with Gasteiger partial charge >= 0.3 is 0 Å². The maximum atomic E-state index is 13.3. The molecule has 0 saturated heterocycles. The maximum Gasteiger partial charge on any atom is 0.248 e. The molecule has 1 saturated carbocycles. The molecule has 0 bridgehead atoms. The summed E-state index contributed by atoms with van der Waals surface area (Å²) in [5.74, 6) is -2.67. The Balaban J connectivity index is 1.60. The van der Waals surface area contributed by atoms with E-state index < -0.39 is 22.0 Å². The monoisotopic (exact) mass is 444 g/mol. The Kier molecular flexibility index (Phi) is 7.62. The average Bonchev–Trinajstić information content (AvgIpc) is 3.08. The highest BCUT2D eigenvalue weighted by Crippen LogP contribution is 2.34. The molecule has 1 aromatic carbocycles. The minimum atomic E-state index is -3.73. The number of fused-ring (bicyclic) bond motifs is 1. The number of sulfonamides is 1. The first-order valence-corrected chi connectivity index (χ1v) is 12.9. The Bertz CT molecular complexity index is 903. The van der Waals surface area contributed by atoms with Crippen molar-refractivity contribution in [1.82, 2.24) is 9.71 Å². The van der Waals surface area contributed by atoms with E-state index in [1.807, 2.05) is 0 Å². The van der Waals surface area contributed by atoms with Crippen molar-refractivity contribution in [1.29, 1.82) is 0 Å². The highest BCUT2D eigenvalue weighted by atomic mass is 32.2. The van der Waals surface area contributed by atoms with Crippen molar-refractivity contribution in [2.75, 3.05) is 0 Å². The number of aromatic nitrogens is 1. The van der Waals surface area contributed by atoms with Gasteiger partial charge in [0.05, 0.1) is 20.1 Å². The van der Waals surface area contributed by atoms with E-state index in [4.69, 9.17) is 0 Å². The van der Waals surface area contributed by atoms with Crippen molar-refractivity contribution < 1.29 is 17.2 Å². The van der Waals surface area contributed by atoms with Crippen LogP contribution in [0.15, 0.2) is 23.1 Å². The predicted octanol–water partition coefficient (Wildman–Crippen LogP) is 6.06. The number of rotatable bonds is 10. The number of unbranched alkanes of at least 4 members (excludes halogenated alkanes) is 5. The number of hydrogen-bond donors (Lipinski definition) is 1. The van der Waals surface area contributed by atoms with Crippen LogP contribution in [0.4, 0.5) is 8.78 Å². The average molecular weight is 445 g/mol. The highest BCUT2D eigenvalue weighted by molar-refractivity contribution is 7.89. The van der Waals surface area contributed by atoms with E-state index >= 15 is 0 Å². The van der Waals surface area contributed by atoms with Gasteiger partial charge in [-0.2, -0.15) is 0 Å². The summed E-state index contributed by atoms with van der Waals surface area (Å²) < 4.78 is 55.4. The third-order valence-electron chi connectivity index (χ3n) is 5.50. The molecule has 1 fully saturated rings. The van der Waals surface area contributed by atoms with Crippen LogP contribution in [0.2, 0.25) is 0 Å². The molecule has 1 heterocycles. The van der Waals surface area contributed by atoms with Crippen LogP contribution in [-0.4, -0.2) is 25.4 Å². The van der Waals surface area contributed by atoms with Gasteiger partial charge in [0.2, 0.25) is 15.9 Å². The van der Waals surface area contributed by atoms with E-state index in [0.717, 1.165) is 28.1 Å². The summed E-state index contributed by atoms with van der Waals surface area (Å²) >= 11 is 1.54. The lowest BCUT2D eigenvalue weighted by Crippen LogP contribution is -2.40. The van der Waals surface area contributed by atoms with Gasteiger partial charge in [-0.05, 0) is 43.9 Å². The van der Waals surface area contributed by atoms with Gasteiger partial charge in [0.1, 0.15) is 0 Å². The molecule has 8 heteroatoms. The zero-order chi connectivity index (χ0) is 20.9. The van der Waals surface area contributed by atoms with Crippen molar-refractivity contribution in [3.8, 4) is 0 Å². The van der Waals surface area contributed by atoms with Crippen LogP contribution < -0.4 is 4.72 Å². The zero-order valence-electron chi connectivity index (χ0n) is 16.9. The molecular formula is C21H30F2N2O2S2. The Morgan fingerprint density at radius 1 is 1.14 bits per heavy atom. The van der Waals surface area contributed by atoms with Gasteiger partial charge in [-0.3, -0.25) is 0 Å². The molecule has 1 aliphatic rings. The van der Waals surface area contributed by atoms with Crippen molar-refractivity contribution in [3.05, 3.63) is 23.2 Å². The van der Waals surface area contributed by atoms with E-state index in [1.54, 1.807) is 18.2 Å². The molecule has 3 rings (SSSR count). The van der Waals surface area contributed by atoms with Crippen LogP contribution in [0, 0.1) is 0 Å². The smallest absolute Gasteiger partial charge is 0.241 e. The molecular weight excluding hydrogens is 414 g/mol. The second-order valence-electron chi connectivity index (χ2n) is 8.01. The van der Waals surface area contributed by atoms with E-state index in [0.29, 0.717) is 0 Å². The normalized spacial score (nSPS) is 17.8. The molecule has 0 spiro atoms. The minimum absolute atomic E-state index is 0.164. The minimum Gasteiger partial charge on any atom is -0.241 e. The van der Waals surface area contributed by atoms with Crippen molar-refractivity contribution >= 4 is 31.6 Å². The van der Waals surface area contributed by atoms with E-state index in [1.165, 1.54) is 43.4 Å². The summed E-state index contributed by atoms with van der Waals surface area (Å²) in [5.41, 5.74) is 0.812. The van der Waals surface area contributed by atoms with Crippen LogP contribution in [0.25, 0.3) is 10.2 Å². The van der Waals surface area contributed by atoms with E-state index in [-0.39, 0.29) is 30.6 Å². The summed E-state index contributed by atoms with van der Waals surface area (Å²) in [6.07, 6.45) is 8.06. The van der Waals surface area contributed by atoms with Crippen LogP contribution in [0.5, 0.6) is 0 Å². The molecule has 29 heavy (non-hydrogen) atoms. The van der Waals surface area contributed by atoms with Gasteiger partial charge in [0, 0.05) is 18.9 Å². The second-order valence-corrected chi connectivity index (χ2v) is 10.8. The van der Waals surface area contributed by atoms with E-state index in [2.05, 4.69) is 16.6 Å². The molecule has 0 radical (unpaired) electrons. The fourth-order valence-electron chi connectivity index (χ4n) is 3.73. The number of nitrogens with zero attached hydrogens (tertiary/aromatic N) is 1. The lowest BCUT2D eigenvalue weighted by Gasteiger charge is -2.28. The molecule has 0 amide bonds. The summed E-state index contributed by atoms with van der Waals surface area (Å²) in [7, 11) is -3.73. The SMILES string of the molecule is CCCCCCCCc1nc2ccc(S(=O)(=O)NC3CCC(F)(F)CC3)cc2s1. The molecule has 4 nitrogen and oxygen atoms in total. The van der Waals surface area contributed by atoms with Crippen LogP contribution in [-0.2, 0) is 16.4 Å². The zero-order valence-corrected chi connectivity index (χ0v) is 18.6. The van der Waals surface area contributed by atoms with Gasteiger partial charge < -0.3 is 0 Å². The molecule has 0 unspecified atom stereocenters. The summed E-state index contributed by atoms with van der Waals surface area (Å²) in [6, 6.07) is 4.51. The summed E-state index contributed by atoms with van der Waals surface area (Å²) in [6.45, 7) is 2.21. The van der Waals surface area contributed by atoms with Crippen molar-refractivity contribution in [2.45, 2.75) is 94.4 Å². The lowest BCUT2D eigenvalue weighted by atomic mass is 9.93. The van der Waals surface area contributed by atoms with Crippen LogP contribution in [0.1, 0.15) is 76.1 Å². The second kappa shape index (κ2) is 9.79. The molecule has 1 aliphatic carbocycles. The Morgan fingerprint density at radius 2 is 1.83 bits per heavy atom. The van der Waals surface area contributed by atoms with E-state index in [9.17, 15) is 17.2 Å². The number of nitrogens with one attached hydrogen (secondary N) is 1. The number of alkyl halides is 2.